The fraction of sp³-hybridized carbons (Fsp3) is 0.176. The predicted octanol–water partition coefficient (Wildman–Crippen LogP) is 3.80. The van der Waals surface area contributed by atoms with Gasteiger partial charge in [0.15, 0.2) is 0 Å². The van der Waals surface area contributed by atoms with E-state index in [2.05, 4.69) is 16.0 Å². The molecule has 2 rings (SSSR count). The van der Waals surface area contributed by atoms with Crippen LogP contribution in [0.15, 0.2) is 36.4 Å². The van der Waals surface area contributed by atoms with Gasteiger partial charge in [-0.05, 0) is 42.8 Å². The molecule has 0 heterocycles. The van der Waals surface area contributed by atoms with Crippen LogP contribution in [0.4, 0.5) is 21.5 Å². The zero-order valence-electron chi connectivity index (χ0n) is 13.2. The van der Waals surface area contributed by atoms with Gasteiger partial charge in [-0.25, -0.2) is 4.39 Å². The van der Waals surface area contributed by atoms with Crippen molar-refractivity contribution in [2.75, 3.05) is 22.5 Å². The maximum atomic E-state index is 13.0. The van der Waals surface area contributed by atoms with E-state index in [1.54, 1.807) is 18.2 Å². The lowest BCUT2D eigenvalue weighted by Gasteiger charge is -2.14. The minimum Gasteiger partial charge on any atom is -0.376 e. The number of amides is 2. The zero-order chi connectivity index (χ0) is 17.7. The Balaban J connectivity index is 2.00. The topological polar surface area (TPSA) is 70.2 Å². The van der Waals surface area contributed by atoms with E-state index in [1.807, 2.05) is 6.92 Å². The average Bonchev–Trinajstić information content (AvgIpc) is 2.50. The van der Waals surface area contributed by atoms with Gasteiger partial charge in [-0.1, -0.05) is 17.7 Å². The molecule has 0 atom stereocenters. The highest BCUT2D eigenvalue weighted by Crippen LogP contribution is 2.24. The van der Waals surface area contributed by atoms with Gasteiger partial charge in [0.05, 0.1) is 17.3 Å². The summed E-state index contributed by atoms with van der Waals surface area (Å²) < 4.78 is 13.0. The monoisotopic (exact) mass is 349 g/mol. The third-order valence-corrected chi connectivity index (χ3v) is 3.60. The van der Waals surface area contributed by atoms with Gasteiger partial charge >= 0.3 is 0 Å². The first-order valence-corrected chi connectivity index (χ1v) is 7.60. The van der Waals surface area contributed by atoms with Crippen LogP contribution in [-0.4, -0.2) is 18.4 Å². The van der Waals surface area contributed by atoms with Crippen molar-refractivity contribution < 1.29 is 14.0 Å². The highest BCUT2D eigenvalue weighted by Gasteiger charge is 2.09. The Morgan fingerprint density at radius 3 is 2.46 bits per heavy atom. The molecular weight excluding hydrogens is 333 g/mol. The maximum Gasteiger partial charge on any atom is 0.243 e. The summed E-state index contributed by atoms with van der Waals surface area (Å²) in [7, 11) is 0. The van der Waals surface area contributed by atoms with Gasteiger partial charge in [-0.15, -0.1) is 0 Å². The number of rotatable bonds is 5. The molecule has 7 heteroatoms. The molecule has 3 N–H and O–H groups in total. The van der Waals surface area contributed by atoms with Gasteiger partial charge in [-0.2, -0.15) is 0 Å². The van der Waals surface area contributed by atoms with Crippen LogP contribution < -0.4 is 16.0 Å². The summed E-state index contributed by atoms with van der Waals surface area (Å²) in [5.41, 5.74) is 2.56. The number of anilines is 3. The minimum absolute atomic E-state index is 0.00191. The van der Waals surface area contributed by atoms with Crippen LogP contribution in [0.2, 0.25) is 5.02 Å². The first-order chi connectivity index (χ1) is 11.4. The van der Waals surface area contributed by atoms with Crippen molar-refractivity contribution in [1.29, 1.82) is 0 Å². The normalized spacial score (nSPS) is 10.2. The number of carbonyl (C=O) groups is 2. The first-order valence-electron chi connectivity index (χ1n) is 7.23. The summed E-state index contributed by atoms with van der Waals surface area (Å²) in [5.74, 6) is -0.965. The van der Waals surface area contributed by atoms with Crippen LogP contribution in [-0.2, 0) is 9.59 Å². The third kappa shape index (κ3) is 4.70. The lowest BCUT2D eigenvalue weighted by molar-refractivity contribution is -0.115. The number of benzene rings is 2. The van der Waals surface area contributed by atoms with E-state index in [-0.39, 0.29) is 23.4 Å². The van der Waals surface area contributed by atoms with Gasteiger partial charge < -0.3 is 16.0 Å². The molecule has 2 amide bonds. The number of nitrogens with one attached hydrogen (secondary N) is 3. The van der Waals surface area contributed by atoms with Crippen LogP contribution in [0, 0.1) is 12.7 Å². The van der Waals surface area contributed by atoms with E-state index in [9.17, 15) is 14.0 Å². The second kappa shape index (κ2) is 7.79. The predicted molar refractivity (Wildman–Crippen MR) is 94.0 cm³/mol. The fourth-order valence-corrected chi connectivity index (χ4v) is 2.33. The molecule has 0 saturated carbocycles. The van der Waals surface area contributed by atoms with E-state index >= 15 is 0 Å². The van der Waals surface area contributed by atoms with Crippen molar-refractivity contribution in [1.82, 2.24) is 0 Å². The number of halogens is 2. The summed E-state index contributed by atoms with van der Waals surface area (Å²) in [6.45, 7) is 3.26. The molecular formula is C17H17ClFN3O2. The molecule has 0 fully saturated rings. The van der Waals surface area contributed by atoms with Gasteiger partial charge in [0.1, 0.15) is 5.82 Å². The van der Waals surface area contributed by atoms with Crippen LogP contribution >= 0.6 is 11.6 Å². The van der Waals surface area contributed by atoms with Gasteiger partial charge in [0.2, 0.25) is 11.8 Å². The molecule has 0 aliphatic rings. The Morgan fingerprint density at radius 1 is 1.08 bits per heavy atom. The molecule has 0 aliphatic heterocycles. The van der Waals surface area contributed by atoms with Crippen molar-refractivity contribution in [3.8, 4) is 0 Å². The fourth-order valence-electron chi connectivity index (χ4n) is 2.11. The molecule has 0 aromatic heterocycles. The molecule has 0 saturated heterocycles. The Kier molecular flexibility index (Phi) is 5.76. The van der Waals surface area contributed by atoms with Crippen molar-refractivity contribution in [2.45, 2.75) is 13.8 Å². The average molecular weight is 350 g/mol. The van der Waals surface area contributed by atoms with E-state index in [4.69, 9.17) is 11.6 Å². The van der Waals surface area contributed by atoms with Gasteiger partial charge in [0.25, 0.3) is 0 Å². The Labute approximate surface area is 144 Å². The van der Waals surface area contributed by atoms with E-state index < -0.39 is 5.82 Å². The van der Waals surface area contributed by atoms with Crippen LogP contribution in [0.1, 0.15) is 12.5 Å². The smallest absolute Gasteiger partial charge is 0.243 e. The standard InChI is InChI=1S/C17H17ClFN3O2/c1-10-14(4-3-5-15(10)21-11(2)23)20-9-17(24)22-16-7-6-12(19)8-13(16)18/h3-8,20H,9H2,1-2H3,(H,21,23)(H,22,24). The van der Waals surface area contributed by atoms with Crippen LogP contribution in [0.25, 0.3) is 0 Å². The molecule has 2 aromatic rings. The van der Waals surface area contributed by atoms with E-state index in [0.717, 1.165) is 17.3 Å². The molecule has 24 heavy (non-hydrogen) atoms. The first kappa shape index (κ1) is 17.7. The van der Waals surface area contributed by atoms with Crippen molar-refractivity contribution in [2.24, 2.45) is 0 Å². The quantitative estimate of drug-likeness (QED) is 0.769. The van der Waals surface area contributed by atoms with Crippen molar-refractivity contribution >= 4 is 40.5 Å². The molecule has 5 nitrogen and oxygen atoms in total. The van der Waals surface area contributed by atoms with E-state index in [1.165, 1.54) is 19.1 Å². The Morgan fingerprint density at radius 2 is 1.79 bits per heavy atom. The molecule has 0 radical (unpaired) electrons. The van der Waals surface area contributed by atoms with Crippen molar-refractivity contribution in [3.63, 3.8) is 0 Å². The van der Waals surface area contributed by atoms with Crippen molar-refractivity contribution in [3.05, 3.63) is 52.8 Å². The molecule has 2 aromatic carbocycles. The minimum atomic E-state index is -0.471. The highest BCUT2D eigenvalue weighted by molar-refractivity contribution is 6.33. The molecule has 0 spiro atoms. The van der Waals surface area contributed by atoms with Gasteiger partial charge in [0, 0.05) is 18.3 Å². The molecule has 0 unspecified atom stereocenters. The van der Waals surface area contributed by atoms with Crippen LogP contribution in [0.5, 0.6) is 0 Å². The van der Waals surface area contributed by atoms with E-state index in [0.29, 0.717) is 11.4 Å². The number of hydrogen-bond donors (Lipinski definition) is 3. The van der Waals surface area contributed by atoms with Crippen LogP contribution in [0.3, 0.4) is 0 Å². The second-order valence-electron chi connectivity index (χ2n) is 5.19. The molecule has 0 aliphatic carbocycles. The lowest BCUT2D eigenvalue weighted by Crippen LogP contribution is -2.22. The summed E-state index contributed by atoms with van der Waals surface area (Å²) in [6.07, 6.45) is 0. The largest absolute Gasteiger partial charge is 0.376 e. The summed E-state index contributed by atoms with van der Waals surface area (Å²) in [5, 5.41) is 8.45. The Hall–Kier alpha value is -2.60. The highest BCUT2D eigenvalue weighted by atomic mass is 35.5. The number of hydrogen-bond acceptors (Lipinski definition) is 3. The number of carbonyl (C=O) groups excluding carboxylic acids is 2. The SMILES string of the molecule is CC(=O)Nc1cccc(NCC(=O)Nc2ccc(F)cc2Cl)c1C. The van der Waals surface area contributed by atoms with Gasteiger partial charge in [-0.3, -0.25) is 9.59 Å². The lowest BCUT2D eigenvalue weighted by atomic mass is 10.1. The Bertz CT molecular complexity index is 780. The summed E-state index contributed by atoms with van der Waals surface area (Å²) >= 11 is 5.87. The second-order valence-corrected chi connectivity index (χ2v) is 5.59. The summed E-state index contributed by atoms with van der Waals surface area (Å²) in [6, 6.07) is 9.11. The maximum absolute atomic E-state index is 13.0. The zero-order valence-corrected chi connectivity index (χ0v) is 14.0. The summed E-state index contributed by atoms with van der Waals surface area (Å²) in [4.78, 5) is 23.2. The third-order valence-electron chi connectivity index (χ3n) is 3.29. The molecule has 126 valence electrons. The molecule has 0 bridgehead atoms.